The van der Waals surface area contributed by atoms with Crippen molar-refractivity contribution in [3.63, 3.8) is 0 Å². The van der Waals surface area contributed by atoms with Crippen LogP contribution in [0, 0.1) is 11.3 Å². The van der Waals surface area contributed by atoms with E-state index >= 15 is 0 Å². The third-order valence-electron chi connectivity index (χ3n) is 4.78. The number of imide groups is 1. The highest BCUT2D eigenvalue weighted by Gasteiger charge is 2.35. The van der Waals surface area contributed by atoms with Crippen LogP contribution in [0.1, 0.15) is 37.0 Å². The number of benzene rings is 2. The SMILES string of the molecule is CC[C@@H](C)Oc1c(Br)cc(/C=C2/SC(=O)N(Cc3ccccc3C#N)C2=O)cc1OC. The fraction of sp³-hybridized carbons (Fsp3) is 0.261. The lowest BCUT2D eigenvalue weighted by atomic mass is 10.1. The molecule has 31 heavy (non-hydrogen) atoms. The molecule has 0 bridgehead atoms. The summed E-state index contributed by atoms with van der Waals surface area (Å²) >= 11 is 4.39. The molecule has 0 spiro atoms. The molecule has 0 aliphatic carbocycles. The van der Waals surface area contributed by atoms with Crippen molar-refractivity contribution in [1.29, 1.82) is 5.26 Å². The minimum atomic E-state index is -0.391. The summed E-state index contributed by atoms with van der Waals surface area (Å²) in [5, 5.41) is 8.89. The predicted molar refractivity (Wildman–Crippen MR) is 124 cm³/mol. The van der Waals surface area contributed by atoms with E-state index in [9.17, 15) is 14.9 Å². The molecule has 1 saturated heterocycles. The number of carbonyl (C=O) groups is 2. The van der Waals surface area contributed by atoms with Crippen LogP contribution in [-0.2, 0) is 11.3 Å². The summed E-state index contributed by atoms with van der Waals surface area (Å²) in [7, 11) is 1.55. The number of rotatable bonds is 7. The van der Waals surface area contributed by atoms with Gasteiger partial charge in [0.1, 0.15) is 0 Å². The number of thioether (sulfide) groups is 1. The average molecular weight is 501 g/mol. The van der Waals surface area contributed by atoms with Gasteiger partial charge in [-0.25, -0.2) is 0 Å². The molecule has 0 saturated carbocycles. The maximum Gasteiger partial charge on any atom is 0.293 e. The minimum absolute atomic E-state index is 0.0174. The second kappa shape index (κ2) is 10.0. The summed E-state index contributed by atoms with van der Waals surface area (Å²) in [5.74, 6) is 0.732. The molecule has 1 fully saturated rings. The van der Waals surface area contributed by atoms with Crippen molar-refractivity contribution in [2.45, 2.75) is 32.9 Å². The van der Waals surface area contributed by atoms with Gasteiger partial charge in [-0.2, -0.15) is 5.26 Å². The summed E-state index contributed by atoms with van der Waals surface area (Å²) in [5.41, 5.74) is 1.77. The van der Waals surface area contributed by atoms with E-state index in [1.165, 1.54) is 0 Å². The first-order chi connectivity index (χ1) is 14.9. The van der Waals surface area contributed by atoms with Crippen molar-refractivity contribution < 1.29 is 19.1 Å². The molecule has 160 valence electrons. The van der Waals surface area contributed by atoms with E-state index in [4.69, 9.17) is 9.47 Å². The van der Waals surface area contributed by atoms with E-state index in [1.807, 2.05) is 19.9 Å². The second-order valence-corrected chi connectivity index (χ2v) is 8.76. The van der Waals surface area contributed by atoms with Crippen molar-refractivity contribution in [2.75, 3.05) is 7.11 Å². The summed E-state index contributed by atoms with van der Waals surface area (Å²) in [6, 6.07) is 12.6. The number of hydrogen-bond acceptors (Lipinski definition) is 6. The highest BCUT2D eigenvalue weighted by Crippen LogP contribution is 2.40. The van der Waals surface area contributed by atoms with Crippen LogP contribution >= 0.6 is 27.7 Å². The monoisotopic (exact) mass is 500 g/mol. The zero-order valence-corrected chi connectivity index (χ0v) is 19.7. The Balaban J connectivity index is 1.87. The topological polar surface area (TPSA) is 79.6 Å². The van der Waals surface area contributed by atoms with Crippen LogP contribution in [0.3, 0.4) is 0 Å². The molecule has 3 rings (SSSR count). The standard InChI is InChI=1S/C23H21BrN2O4S/c1-4-14(2)30-21-18(24)9-15(10-19(21)29-3)11-20-22(27)26(23(28)31-20)13-17-8-6-5-7-16(17)12-25/h5-11,14H,4,13H2,1-3H3/b20-11+/t14-/m1/s1. The van der Waals surface area contributed by atoms with Gasteiger partial charge in [-0.3, -0.25) is 14.5 Å². The molecule has 1 heterocycles. The second-order valence-electron chi connectivity index (χ2n) is 6.91. The van der Waals surface area contributed by atoms with Crippen LogP contribution in [-0.4, -0.2) is 29.3 Å². The maximum atomic E-state index is 12.9. The largest absolute Gasteiger partial charge is 0.493 e. The summed E-state index contributed by atoms with van der Waals surface area (Å²) in [4.78, 5) is 26.8. The smallest absolute Gasteiger partial charge is 0.293 e. The molecule has 2 aromatic rings. The first-order valence-corrected chi connectivity index (χ1v) is 11.3. The van der Waals surface area contributed by atoms with Gasteiger partial charge < -0.3 is 9.47 Å². The molecule has 0 N–H and O–H groups in total. The van der Waals surface area contributed by atoms with Crippen LogP contribution in [0.2, 0.25) is 0 Å². The first-order valence-electron chi connectivity index (χ1n) is 9.65. The Hall–Kier alpha value is -2.76. The van der Waals surface area contributed by atoms with Gasteiger partial charge in [0.05, 0.1) is 40.8 Å². The van der Waals surface area contributed by atoms with Crippen molar-refractivity contribution in [2.24, 2.45) is 0 Å². The minimum Gasteiger partial charge on any atom is -0.493 e. The number of nitriles is 1. The van der Waals surface area contributed by atoms with Gasteiger partial charge in [-0.15, -0.1) is 0 Å². The predicted octanol–water partition coefficient (Wildman–Crippen LogP) is 5.74. The number of hydrogen-bond donors (Lipinski definition) is 0. The fourth-order valence-electron chi connectivity index (χ4n) is 2.95. The molecule has 0 radical (unpaired) electrons. The quantitative estimate of drug-likeness (QED) is 0.450. The van der Waals surface area contributed by atoms with E-state index in [0.717, 1.165) is 23.1 Å². The summed E-state index contributed by atoms with van der Waals surface area (Å²) in [6.45, 7) is 4.06. The van der Waals surface area contributed by atoms with Crippen LogP contribution in [0.25, 0.3) is 6.08 Å². The van der Waals surface area contributed by atoms with Crippen molar-refractivity contribution in [3.05, 3.63) is 62.5 Å². The van der Waals surface area contributed by atoms with E-state index in [0.29, 0.717) is 37.6 Å². The van der Waals surface area contributed by atoms with Gasteiger partial charge in [0.15, 0.2) is 11.5 Å². The number of halogens is 1. The van der Waals surface area contributed by atoms with Gasteiger partial charge >= 0.3 is 0 Å². The van der Waals surface area contributed by atoms with E-state index < -0.39 is 5.91 Å². The fourth-order valence-corrected chi connectivity index (χ4v) is 4.34. The van der Waals surface area contributed by atoms with Crippen LogP contribution < -0.4 is 9.47 Å². The van der Waals surface area contributed by atoms with Crippen molar-refractivity contribution in [3.8, 4) is 17.6 Å². The molecule has 2 aromatic carbocycles. The van der Waals surface area contributed by atoms with Gasteiger partial charge in [0.2, 0.25) is 0 Å². The molecule has 1 atom stereocenters. The van der Waals surface area contributed by atoms with E-state index in [2.05, 4.69) is 22.0 Å². The number of carbonyl (C=O) groups excluding carboxylic acids is 2. The molecule has 0 aromatic heterocycles. The highest BCUT2D eigenvalue weighted by atomic mass is 79.9. The molecule has 1 aliphatic heterocycles. The van der Waals surface area contributed by atoms with Gasteiger partial charge in [-0.05, 0) is 76.4 Å². The van der Waals surface area contributed by atoms with Crippen LogP contribution in [0.4, 0.5) is 4.79 Å². The van der Waals surface area contributed by atoms with Gasteiger partial charge in [0.25, 0.3) is 11.1 Å². The molecule has 8 heteroatoms. The Morgan fingerprint density at radius 3 is 2.71 bits per heavy atom. The average Bonchev–Trinajstić information content (AvgIpc) is 3.02. The van der Waals surface area contributed by atoms with E-state index in [1.54, 1.807) is 43.5 Å². The Morgan fingerprint density at radius 1 is 1.29 bits per heavy atom. The highest BCUT2D eigenvalue weighted by molar-refractivity contribution is 9.10. The zero-order valence-electron chi connectivity index (χ0n) is 17.3. The number of amides is 2. The Kier molecular flexibility index (Phi) is 7.42. The first kappa shape index (κ1) is 22.9. The third kappa shape index (κ3) is 5.12. The van der Waals surface area contributed by atoms with Gasteiger partial charge in [0, 0.05) is 0 Å². The molecule has 6 nitrogen and oxygen atoms in total. The van der Waals surface area contributed by atoms with Crippen LogP contribution in [0.5, 0.6) is 11.5 Å². The lowest BCUT2D eigenvalue weighted by Crippen LogP contribution is -2.27. The van der Waals surface area contributed by atoms with Gasteiger partial charge in [-0.1, -0.05) is 25.1 Å². The zero-order chi connectivity index (χ0) is 22.5. The molecular formula is C23H21BrN2O4S. The number of methoxy groups -OCH3 is 1. The van der Waals surface area contributed by atoms with Crippen LogP contribution in [0.15, 0.2) is 45.8 Å². The number of ether oxygens (including phenoxy) is 2. The Labute approximate surface area is 194 Å². The normalized spacial score (nSPS) is 15.8. The third-order valence-corrected chi connectivity index (χ3v) is 6.28. The maximum absolute atomic E-state index is 12.9. The lowest BCUT2D eigenvalue weighted by molar-refractivity contribution is -0.123. The Morgan fingerprint density at radius 2 is 2.03 bits per heavy atom. The van der Waals surface area contributed by atoms with E-state index in [-0.39, 0.29) is 17.9 Å². The van der Waals surface area contributed by atoms with Crippen molar-refractivity contribution in [1.82, 2.24) is 4.90 Å². The molecule has 0 unspecified atom stereocenters. The summed E-state index contributed by atoms with van der Waals surface area (Å²) < 4.78 is 12.1. The van der Waals surface area contributed by atoms with Crippen molar-refractivity contribution >= 4 is 44.9 Å². The molecule has 1 aliphatic rings. The number of nitrogens with zero attached hydrogens (tertiary/aromatic N) is 2. The lowest BCUT2D eigenvalue weighted by Gasteiger charge is -2.17. The summed E-state index contributed by atoms with van der Waals surface area (Å²) in [6.07, 6.45) is 2.52. The molecular weight excluding hydrogens is 480 g/mol. The molecule has 2 amide bonds. The Bertz CT molecular complexity index is 1090.